The third kappa shape index (κ3) is 2.22. The second-order valence-corrected chi connectivity index (χ2v) is 5.21. The fourth-order valence-electron chi connectivity index (χ4n) is 1.68. The molecule has 0 saturated carbocycles. The number of nitrogens with zero attached hydrogens (tertiary/aromatic N) is 3. The lowest BCUT2D eigenvalue weighted by molar-refractivity contribution is 0.529. The number of aromatic nitrogens is 2. The van der Waals surface area contributed by atoms with E-state index in [0.29, 0.717) is 26.6 Å². The number of nitriles is 1. The predicted octanol–water partition coefficient (Wildman–Crippen LogP) is 2.37. The van der Waals surface area contributed by atoms with Gasteiger partial charge in [-0.25, -0.2) is 4.98 Å². The smallest absolute Gasteiger partial charge is 0.108 e. The summed E-state index contributed by atoms with van der Waals surface area (Å²) in [5, 5.41) is 9.34. The third-order valence-electron chi connectivity index (χ3n) is 2.49. The summed E-state index contributed by atoms with van der Waals surface area (Å²) in [7, 11) is 0. The van der Waals surface area contributed by atoms with E-state index in [-0.39, 0.29) is 0 Å². The Morgan fingerprint density at radius 1 is 1.72 bits per heavy atom. The summed E-state index contributed by atoms with van der Waals surface area (Å²) in [6.45, 7) is 1.75. The molecular formula is C11H7BrN3O2S-. The highest BCUT2D eigenvalue weighted by molar-refractivity contribution is 9.10. The van der Waals surface area contributed by atoms with Crippen molar-refractivity contribution in [1.82, 2.24) is 8.96 Å². The molecule has 2 heterocycles. The Balaban J connectivity index is 2.81. The molecule has 0 aliphatic heterocycles. The highest BCUT2D eigenvalue weighted by Crippen LogP contribution is 2.28. The average molecular weight is 325 g/mol. The van der Waals surface area contributed by atoms with E-state index in [9.17, 15) is 8.76 Å². The molecule has 5 nitrogen and oxygen atoms in total. The second kappa shape index (κ2) is 5.02. The molecule has 0 saturated heterocycles. The zero-order valence-corrected chi connectivity index (χ0v) is 11.7. The molecule has 0 amide bonds. The molecule has 0 spiro atoms. The van der Waals surface area contributed by atoms with Gasteiger partial charge in [-0.15, -0.1) is 0 Å². The summed E-state index contributed by atoms with van der Waals surface area (Å²) in [4.78, 5) is 4.08. The first-order valence-corrected chi connectivity index (χ1v) is 6.70. The van der Waals surface area contributed by atoms with Crippen LogP contribution in [-0.4, -0.2) is 17.7 Å². The van der Waals surface area contributed by atoms with E-state index in [4.69, 9.17) is 5.26 Å². The van der Waals surface area contributed by atoms with Crippen LogP contribution in [0, 0.1) is 11.3 Å². The standard InChI is InChI=1S/C11H8BrN3O2S/c1-7(2-3-13)9-6-15(18(16)17)10-4-11(12)14-5-8(9)10/h2,4-6H,1H3,(H,16,17)/p-1/b7-2+. The highest BCUT2D eigenvalue weighted by atomic mass is 79.9. The molecule has 0 aromatic carbocycles. The van der Waals surface area contributed by atoms with E-state index in [2.05, 4.69) is 20.9 Å². The van der Waals surface area contributed by atoms with Crippen molar-refractivity contribution >= 4 is 43.7 Å². The van der Waals surface area contributed by atoms with Crippen LogP contribution in [0.4, 0.5) is 0 Å². The van der Waals surface area contributed by atoms with Crippen LogP contribution in [0.3, 0.4) is 0 Å². The van der Waals surface area contributed by atoms with Crippen LogP contribution in [0.25, 0.3) is 16.5 Å². The van der Waals surface area contributed by atoms with Crippen LogP contribution in [0.15, 0.2) is 29.1 Å². The molecule has 7 heteroatoms. The second-order valence-electron chi connectivity index (χ2n) is 3.57. The maximum atomic E-state index is 11.2. The molecule has 0 bridgehead atoms. The average Bonchev–Trinajstić information content (AvgIpc) is 2.68. The van der Waals surface area contributed by atoms with E-state index >= 15 is 0 Å². The molecule has 0 fully saturated rings. The SMILES string of the molecule is C/C(=C\C#N)c1cn(S(=O)[O-])c2cc(Br)ncc12. The largest absolute Gasteiger partial charge is 0.755 e. The van der Waals surface area contributed by atoms with Crippen molar-refractivity contribution in [3.8, 4) is 6.07 Å². The minimum absolute atomic E-state index is 0.519. The van der Waals surface area contributed by atoms with Gasteiger partial charge in [-0.3, -0.25) is 8.18 Å². The third-order valence-corrected chi connectivity index (χ3v) is 3.55. The minimum atomic E-state index is -2.40. The fraction of sp³-hybridized carbons (Fsp3) is 0.0909. The van der Waals surface area contributed by atoms with Crippen molar-refractivity contribution in [2.45, 2.75) is 6.92 Å². The van der Waals surface area contributed by atoms with Crippen molar-refractivity contribution in [1.29, 1.82) is 5.26 Å². The van der Waals surface area contributed by atoms with E-state index in [1.165, 1.54) is 12.3 Å². The molecule has 0 aliphatic carbocycles. The zero-order valence-electron chi connectivity index (χ0n) is 9.25. The van der Waals surface area contributed by atoms with Gasteiger partial charge in [-0.1, -0.05) is 0 Å². The number of halogens is 1. The summed E-state index contributed by atoms with van der Waals surface area (Å²) in [5.74, 6) is 0. The summed E-state index contributed by atoms with van der Waals surface area (Å²) >= 11 is 0.797. The fourth-order valence-corrected chi connectivity index (χ4v) is 2.50. The zero-order chi connectivity index (χ0) is 13.3. The molecule has 0 radical (unpaired) electrons. The number of rotatable bonds is 2. The van der Waals surface area contributed by atoms with Crippen molar-refractivity contribution in [2.24, 2.45) is 0 Å². The summed E-state index contributed by atoms with van der Waals surface area (Å²) in [6, 6.07) is 3.54. The topological polar surface area (TPSA) is 81.7 Å². The molecular weight excluding hydrogens is 318 g/mol. The molecule has 0 aliphatic rings. The molecule has 92 valence electrons. The molecule has 2 aromatic rings. The number of hydrogen-bond donors (Lipinski definition) is 0. The molecule has 2 rings (SSSR count). The summed E-state index contributed by atoms with van der Waals surface area (Å²) < 4.78 is 24.0. The van der Waals surface area contributed by atoms with Crippen molar-refractivity contribution in [3.05, 3.63) is 34.7 Å². The van der Waals surface area contributed by atoms with Gasteiger partial charge < -0.3 is 4.55 Å². The Morgan fingerprint density at radius 3 is 3.06 bits per heavy atom. The van der Waals surface area contributed by atoms with Crippen molar-refractivity contribution in [3.63, 3.8) is 0 Å². The monoisotopic (exact) mass is 324 g/mol. The number of allylic oxidation sites excluding steroid dienone is 2. The van der Waals surface area contributed by atoms with Crippen LogP contribution in [0.1, 0.15) is 12.5 Å². The molecule has 0 N–H and O–H groups in total. The lowest BCUT2D eigenvalue weighted by Gasteiger charge is -2.06. The van der Waals surface area contributed by atoms with E-state index in [1.807, 2.05) is 6.07 Å². The van der Waals surface area contributed by atoms with Crippen LogP contribution in [0.2, 0.25) is 0 Å². The quantitative estimate of drug-likeness (QED) is 0.482. The van der Waals surface area contributed by atoms with Gasteiger partial charge in [0, 0.05) is 29.4 Å². The molecule has 1 unspecified atom stereocenters. The number of fused-ring (bicyclic) bond motifs is 1. The first-order valence-electron chi connectivity index (χ1n) is 4.87. The van der Waals surface area contributed by atoms with Gasteiger partial charge >= 0.3 is 0 Å². The van der Waals surface area contributed by atoms with E-state index in [1.54, 1.807) is 19.2 Å². The first-order chi connectivity index (χ1) is 8.54. The summed E-state index contributed by atoms with van der Waals surface area (Å²) in [6.07, 6.45) is 4.42. The maximum absolute atomic E-state index is 11.2. The minimum Gasteiger partial charge on any atom is -0.755 e. The van der Waals surface area contributed by atoms with Gasteiger partial charge in [0.1, 0.15) is 4.60 Å². The summed E-state index contributed by atoms with van der Waals surface area (Å²) in [5.41, 5.74) is 1.89. The van der Waals surface area contributed by atoms with Crippen LogP contribution in [-0.2, 0) is 11.3 Å². The van der Waals surface area contributed by atoms with Gasteiger partial charge in [0.15, 0.2) is 0 Å². The van der Waals surface area contributed by atoms with Gasteiger partial charge in [-0.2, -0.15) is 5.26 Å². The van der Waals surface area contributed by atoms with Crippen LogP contribution < -0.4 is 0 Å². The normalized spacial score (nSPS) is 13.6. The van der Waals surface area contributed by atoms with Crippen LogP contribution >= 0.6 is 15.9 Å². The van der Waals surface area contributed by atoms with Gasteiger partial charge in [0.2, 0.25) is 0 Å². The predicted molar refractivity (Wildman–Crippen MR) is 71.0 cm³/mol. The van der Waals surface area contributed by atoms with E-state index < -0.39 is 11.3 Å². The Kier molecular flexibility index (Phi) is 3.61. The molecule has 1 atom stereocenters. The molecule has 18 heavy (non-hydrogen) atoms. The van der Waals surface area contributed by atoms with Crippen LogP contribution in [0.5, 0.6) is 0 Å². The van der Waals surface area contributed by atoms with Crippen molar-refractivity contribution in [2.75, 3.05) is 0 Å². The Bertz CT molecular complexity index is 715. The van der Waals surface area contributed by atoms with Gasteiger partial charge in [0.25, 0.3) is 0 Å². The van der Waals surface area contributed by atoms with E-state index in [0.717, 1.165) is 3.97 Å². The van der Waals surface area contributed by atoms with Crippen molar-refractivity contribution < 1.29 is 8.76 Å². The first kappa shape index (κ1) is 13.0. The number of pyridine rings is 1. The maximum Gasteiger partial charge on any atom is 0.108 e. The Labute approximate surface area is 114 Å². The molecule has 2 aromatic heterocycles. The highest BCUT2D eigenvalue weighted by Gasteiger charge is 2.11. The van der Waals surface area contributed by atoms with Gasteiger partial charge in [-0.05, 0) is 34.5 Å². The van der Waals surface area contributed by atoms with Gasteiger partial charge in [0.05, 0.1) is 22.9 Å². The lowest BCUT2D eigenvalue weighted by Crippen LogP contribution is -2.00. The Morgan fingerprint density at radius 2 is 2.44 bits per heavy atom. The Hall–Kier alpha value is -1.49. The lowest BCUT2D eigenvalue weighted by atomic mass is 10.1. The number of hydrogen-bond acceptors (Lipinski definition) is 4.